The highest BCUT2D eigenvalue weighted by molar-refractivity contribution is 9.10. The zero-order valence-electron chi connectivity index (χ0n) is 13.3. The van der Waals surface area contributed by atoms with Gasteiger partial charge in [-0.15, -0.1) is 3.89 Å². The number of fused-ring (bicyclic) bond motifs is 1. The minimum atomic E-state index is -0.262. The Balaban J connectivity index is 2.35. The van der Waals surface area contributed by atoms with Crippen molar-refractivity contribution in [1.29, 1.82) is 0 Å². The van der Waals surface area contributed by atoms with E-state index in [1.165, 1.54) is 8.54 Å². The molecule has 0 fully saturated rings. The summed E-state index contributed by atoms with van der Waals surface area (Å²) in [7, 11) is 1.64. The molecular formula is C15H17BrFN3O2S. The summed E-state index contributed by atoms with van der Waals surface area (Å²) in [5.41, 5.74) is 1.32. The highest BCUT2D eigenvalue weighted by atomic mass is 79.9. The maximum absolute atomic E-state index is 13.5. The lowest BCUT2D eigenvalue weighted by atomic mass is 10.1. The Morgan fingerprint density at radius 1 is 1.52 bits per heavy atom. The molecule has 3 heterocycles. The summed E-state index contributed by atoms with van der Waals surface area (Å²) in [5.74, 6) is 0.834. The van der Waals surface area contributed by atoms with Gasteiger partial charge in [0.2, 0.25) is 5.90 Å². The van der Waals surface area contributed by atoms with Crippen LogP contribution in [0.25, 0.3) is 10.9 Å². The van der Waals surface area contributed by atoms with E-state index in [1.807, 2.05) is 0 Å². The van der Waals surface area contributed by atoms with Crippen LogP contribution < -0.4 is 5.56 Å². The summed E-state index contributed by atoms with van der Waals surface area (Å²) < 4.78 is 22.7. The zero-order valence-corrected chi connectivity index (χ0v) is 15.7. The predicted octanol–water partition coefficient (Wildman–Crippen LogP) is 3.59. The number of aliphatic imine (C=N–C) groups is 1. The van der Waals surface area contributed by atoms with E-state index >= 15 is 0 Å². The molecule has 3 rings (SSSR count). The zero-order chi connectivity index (χ0) is 16.9. The Labute approximate surface area is 146 Å². The lowest BCUT2D eigenvalue weighted by molar-refractivity contribution is 0.292. The van der Waals surface area contributed by atoms with Crippen LogP contribution in [0, 0.1) is 12.8 Å². The van der Waals surface area contributed by atoms with Crippen molar-refractivity contribution in [2.75, 3.05) is 6.61 Å². The van der Waals surface area contributed by atoms with Gasteiger partial charge >= 0.3 is 0 Å². The fourth-order valence-electron chi connectivity index (χ4n) is 2.77. The monoisotopic (exact) mass is 401 g/mol. The van der Waals surface area contributed by atoms with Gasteiger partial charge in [-0.2, -0.15) is 0 Å². The van der Waals surface area contributed by atoms with Crippen LogP contribution in [-0.4, -0.2) is 27.1 Å². The van der Waals surface area contributed by atoms with E-state index in [2.05, 4.69) is 34.8 Å². The molecule has 1 aliphatic rings. The van der Waals surface area contributed by atoms with E-state index in [0.717, 1.165) is 0 Å². The molecule has 1 unspecified atom stereocenters. The van der Waals surface area contributed by atoms with Crippen molar-refractivity contribution < 1.29 is 8.62 Å². The Bertz CT molecular complexity index is 872. The summed E-state index contributed by atoms with van der Waals surface area (Å²) in [6.07, 6.45) is 1.68. The van der Waals surface area contributed by atoms with E-state index in [0.29, 0.717) is 45.1 Å². The smallest absolute Gasteiger partial charge is 0.275 e. The van der Waals surface area contributed by atoms with Crippen LogP contribution in [0.15, 0.2) is 20.5 Å². The quantitative estimate of drug-likeness (QED) is 0.789. The molecule has 8 heteroatoms. The fraction of sp³-hybridized carbons (Fsp3) is 0.467. The largest absolute Gasteiger partial charge is 0.475 e. The first-order valence-electron chi connectivity index (χ1n) is 7.27. The first-order valence-corrected chi connectivity index (χ1v) is 8.73. The summed E-state index contributed by atoms with van der Waals surface area (Å²) in [5, 5.41) is 0.638. The summed E-state index contributed by atoms with van der Waals surface area (Å²) in [6, 6.07) is 0.0751. The van der Waals surface area contributed by atoms with Crippen LogP contribution >= 0.6 is 28.3 Å². The summed E-state index contributed by atoms with van der Waals surface area (Å²) in [6.45, 7) is 6.44. The number of pyridine rings is 1. The second-order valence-electron chi connectivity index (χ2n) is 6.00. The molecule has 124 valence electrons. The molecule has 0 saturated heterocycles. The third-order valence-electron chi connectivity index (χ3n) is 4.15. The highest BCUT2D eigenvalue weighted by Crippen LogP contribution is 2.35. The molecule has 23 heavy (non-hydrogen) atoms. The third-order valence-corrected chi connectivity index (χ3v) is 5.35. The van der Waals surface area contributed by atoms with Gasteiger partial charge < -0.3 is 9.30 Å². The minimum Gasteiger partial charge on any atom is -0.475 e. The standard InChI is InChI=1S/C15H17BrFN3O2S/c1-7(2)10-6-22-14(18-10)11-8(3)20(23-17)13-12(11)9(16)5-19(4)15(13)21/h5,7,10H,6H2,1-4H3. The molecule has 2 aromatic rings. The molecule has 2 aromatic heterocycles. The SMILES string of the molecule is Cc1c(C2=NC(C(C)C)CO2)c2c(Br)cn(C)c(=O)c2n1SF. The van der Waals surface area contributed by atoms with Crippen molar-refractivity contribution in [3.05, 3.63) is 32.3 Å². The van der Waals surface area contributed by atoms with E-state index in [-0.39, 0.29) is 23.9 Å². The van der Waals surface area contributed by atoms with E-state index in [4.69, 9.17) is 4.74 Å². The van der Waals surface area contributed by atoms with Gasteiger partial charge in [0.05, 0.1) is 11.6 Å². The van der Waals surface area contributed by atoms with Crippen LogP contribution in [0.1, 0.15) is 25.1 Å². The average molecular weight is 402 g/mol. The van der Waals surface area contributed by atoms with Gasteiger partial charge in [-0.25, -0.2) is 4.99 Å². The van der Waals surface area contributed by atoms with Crippen LogP contribution in [-0.2, 0) is 11.8 Å². The molecule has 0 saturated carbocycles. The van der Waals surface area contributed by atoms with Crippen LogP contribution in [0.4, 0.5) is 3.89 Å². The normalized spacial score (nSPS) is 17.9. The van der Waals surface area contributed by atoms with E-state index < -0.39 is 0 Å². The molecule has 0 N–H and O–H groups in total. The maximum Gasteiger partial charge on any atom is 0.275 e. The number of hydrogen-bond donors (Lipinski definition) is 0. The van der Waals surface area contributed by atoms with Gasteiger partial charge in [0.25, 0.3) is 5.56 Å². The molecule has 0 radical (unpaired) electrons. The lowest BCUT2D eigenvalue weighted by Gasteiger charge is -2.06. The number of ether oxygens (including phenoxy) is 1. The van der Waals surface area contributed by atoms with Crippen molar-refractivity contribution in [3.63, 3.8) is 0 Å². The Morgan fingerprint density at radius 2 is 2.22 bits per heavy atom. The molecule has 0 bridgehead atoms. The topological polar surface area (TPSA) is 48.5 Å². The molecule has 5 nitrogen and oxygen atoms in total. The number of halogens is 2. The minimum absolute atomic E-state index is 0.0151. The van der Waals surface area contributed by atoms with E-state index in [9.17, 15) is 8.68 Å². The molecule has 1 aliphatic heterocycles. The van der Waals surface area contributed by atoms with Gasteiger partial charge in [-0.3, -0.25) is 8.77 Å². The maximum atomic E-state index is 13.5. The van der Waals surface area contributed by atoms with Crippen molar-refractivity contribution in [3.8, 4) is 0 Å². The second-order valence-corrected chi connectivity index (χ2v) is 7.35. The Kier molecular flexibility index (Phi) is 4.31. The second kappa shape index (κ2) is 5.98. The number of hydrogen-bond acceptors (Lipinski definition) is 4. The Morgan fingerprint density at radius 3 is 2.78 bits per heavy atom. The first-order chi connectivity index (χ1) is 10.9. The highest BCUT2D eigenvalue weighted by Gasteiger charge is 2.30. The van der Waals surface area contributed by atoms with Crippen LogP contribution in [0.2, 0.25) is 0 Å². The lowest BCUT2D eigenvalue weighted by Crippen LogP contribution is -2.17. The molecule has 0 aromatic carbocycles. The molecule has 0 amide bonds. The van der Waals surface area contributed by atoms with E-state index in [1.54, 1.807) is 20.2 Å². The van der Waals surface area contributed by atoms with Crippen LogP contribution in [0.5, 0.6) is 0 Å². The average Bonchev–Trinajstić information content (AvgIpc) is 3.07. The van der Waals surface area contributed by atoms with Gasteiger partial charge in [-0.05, 0) is 28.8 Å². The summed E-state index contributed by atoms with van der Waals surface area (Å²) >= 11 is 3.50. The van der Waals surface area contributed by atoms with Gasteiger partial charge in [0, 0.05) is 28.8 Å². The van der Waals surface area contributed by atoms with Crippen molar-refractivity contribution in [2.45, 2.75) is 26.8 Å². The van der Waals surface area contributed by atoms with Gasteiger partial charge in [-0.1, -0.05) is 13.8 Å². The fourth-order valence-corrected chi connectivity index (χ4v) is 3.90. The number of rotatable bonds is 3. The van der Waals surface area contributed by atoms with Gasteiger partial charge in [0.1, 0.15) is 12.1 Å². The van der Waals surface area contributed by atoms with Crippen molar-refractivity contribution in [2.24, 2.45) is 18.0 Å². The predicted molar refractivity (Wildman–Crippen MR) is 94.8 cm³/mol. The van der Waals surface area contributed by atoms with Crippen molar-refractivity contribution >= 4 is 45.1 Å². The Hall–Kier alpha value is -1.28. The number of aromatic nitrogens is 2. The number of nitrogens with zero attached hydrogens (tertiary/aromatic N) is 3. The number of aryl methyl sites for hydroxylation is 1. The third kappa shape index (κ3) is 2.52. The molecule has 0 aliphatic carbocycles. The van der Waals surface area contributed by atoms with Gasteiger partial charge in [0.15, 0.2) is 12.3 Å². The summed E-state index contributed by atoms with van der Waals surface area (Å²) in [4.78, 5) is 17.1. The van der Waals surface area contributed by atoms with Crippen LogP contribution in [0.3, 0.4) is 0 Å². The molecule has 1 atom stereocenters. The first kappa shape index (κ1) is 16.6. The molecule has 0 spiro atoms. The molecular weight excluding hydrogens is 385 g/mol. The van der Waals surface area contributed by atoms with Crippen molar-refractivity contribution in [1.82, 2.24) is 8.54 Å².